The highest BCUT2D eigenvalue weighted by molar-refractivity contribution is 8.01. The molecule has 180 valence electrons. The van der Waals surface area contributed by atoms with E-state index in [1.165, 1.54) is 25.2 Å². The first-order valence-electron chi connectivity index (χ1n) is 9.35. The van der Waals surface area contributed by atoms with Crippen LogP contribution in [0.4, 0.5) is 0 Å². The van der Waals surface area contributed by atoms with Gasteiger partial charge in [0.05, 0.1) is 0 Å². The first kappa shape index (κ1) is 23.6. The molecule has 0 aromatic carbocycles. The van der Waals surface area contributed by atoms with E-state index in [1.807, 2.05) is 0 Å². The van der Waals surface area contributed by atoms with E-state index in [0.29, 0.717) is 5.57 Å². The first-order chi connectivity index (χ1) is 16.3. The maximum atomic E-state index is 13.1. The van der Waals surface area contributed by atoms with E-state index in [-0.39, 0.29) is 28.9 Å². The van der Waals surface area contributed by atoms with Crippen LogP contribution >= 0.6 is 23.5 Å². The van der Waals surface area contributed by atoms with Gasteiger partial charge in [-0.15, -0.1) is 22.0 Å². The van der Waals surface area contributed by atoms with Crippen molar-refractivity contribution in [2.24, 2.45) is 0 Å². The smallest absolute Gasteiger partial charge is 0.352 e. The van der Waals surface area contributed by atoms with Gasteiger partial charge in [0, 0.05) is 18.6 Å². The Bertz CT molecular complexity index is 1170. The summed E-state index contributed by atoms with van der Waals surface area (Å²) >= 11 is 2.25. The lowest BCUT2D eigenvalue weighted by molar-refractivity contribution is -0.192. The normalized spacial score (nSPS) is 21.7. The molecule has 17 nitrogen and oxygen atoms in total. The molecular weight excluding hydrogens is 496 g/mol. The second-order valence-corrected chi connectivity index (χ2v) is 8.90. The molecule has 4 rings (SSSR count). The second kappa shape index (κ2) is 9.35. The van der Waals surface area contributed by atoms with Crippen LogP contribution in [0.5, 0.6) is 0 Å². The van der Waals surface area contributed by atoms with Crippen LogP contribution in [-0.4, -0.2) is 109 Å². The Kier molecular flexibility index (Phi) is 6.48. The lowest BCUT2D eigenvalue weighted by atomic mass is 9.98. The van der Waals surface area contributed by atoms with Crippen molar-refractivity contribution in [3.63, 3.8) is 0 Å². The van der Waals surface area contributed by atoms with Crippen LogP contribution in [0.3, 0.4) is 0 Å². The largest absolute Gasteiger partial charge is 0.480 e. The number of β-lactam (4-membered cyclic amide) rings is 1. The number of carboxylic acid groups (broad SMARTS) is 2. The van der Waals surface area contributed by atoms with Gasteiger partial charge >= 0.3 is 11.9 Å². The summed E-state index contributed by atoms with van der Waals surface area (Å²) in [5, 5.41) is 41.9. The molecule has 2 aromatic heterocycles. The minimum absolute atomic E-state index is 0.0940. The summed E-state index contributed by atoms with van der Waals surface area (Å²) < 4.78 is 7.59. The number of carbonyl (C=O) groups excluding carboxylic acids is 2. The number of ether oxygens (including phenoxy) is 1. The van der Waals surface area contributed by atoms with E-state index < -0.39 is 41.4 Å². The number of hydrogen-bond acceptors (Lipinski definition) is 13. The van der Waals surface area contributed by atoms with Gasteiger partial charge < -0.3 is 20.3 Å². The number of nitrogens with one attached hydrogen (secondary N) is 1. The molecule has 1 saturated heterocycles. The van der Waals surface area contributed by atoms with E-state index in [2.05, 4.69) is 36.4 Å². The zero-order valence-corrected chi connectivity index (χ0v) is 18.9. The van der Waals surface area contributed by atoms with Gasteiger partial charge in [-0.2, -0.15) is 0 Å². The number of thioether (sulfide) groups is 2. The minimum Gasteiger partial charge on any atom is -0.480 e. The summed E-state index contributed by atoms with van der Waals surface area (Å²) in [5.41, 5.74) is -1.58. The summed E-state index contributed by atoms with van der Waals surface area (Å²) in [7, 11) is 1.24. The summed E-state index contributed by atoms with van der Waals surface area (Å²) in [6, 6.07) is 0. The van der Waals surface area contributed by atoms with Gasteiger partial charge in [0.15, 0.2) is 0 Å². The number of rotatable bonds is 10. The van der Waals surface area contributed by atoms with Crippen LogP contribution in [0.15, 0.2) is 22.8 Å². The van der Waals surface area contributed by atoms with Crippen molar-refractivity contribution in [3.8, 4) is 0 Å². The second-order valence-electron chi connectivity index (χ2n) is 6.89. The summed E-state index contributed by atoms with van der Waals surface area (Å²) in [4.78, 5) is 49.6. The molecule has 0 aliphatic carbocycles. The molecule has 0 saturated carbocycles. The van der Waals surface area contributed by atoms with Crippen molar-refractivity contribution < 1.29 is 34.1 Å². The van der Waals surface area contributed by atoms with Gasteiger partial charge in [0.1, 0.15) is 30.5 Å². The minimum atomic E-state index is -1.75. The fourth-order valence-electron chi connectivity index (χ4n) is 3.38. The molecule has 34 heavy (non-hydrogen) atoms. The number of aromatic nitrogens is 8. The quantitative estimate of drug-likeness (QED) is 0.167. The Hall–Kier alpha value is -3.58. The van der Waals surface area contributed by atoms with Crippen LogP contribution in [0.2, 0.25) is 0 Å². The number of nitrogens with zero attached hydrogens (tertiary/aromatic N) is 9. The maximum absolute atomic E-state index is 13.1. The fraction of sp³-hybridized carbons (Fsp3) is 0.467. The highest BCUT2D eigenvalue weighted by atomic mass is 32.2. The van der Waals surface area contributed by atoms with Gasteiger partial charge in [-0.25, -0.2) is 14.2 Å². The molecule has 19 heteroatoms. The summed E-state index contributed by atoms with van der Waals surface area (Å²) in [5.74, 6) is -3.51. The van der Waals surface area contributed by atoms with E-state index in [4.69, 9.17) is 9.84 Å². The molecule has 2 aliphatic heterocycles. The topological polar surface area (TPSA) is 220 Å². The average molecular weight is 512 g/mol. The van der Waals surface area contributed by atoms with E-state index >= 15 is 0 Å². The number of methoxy groups -OCH3 is 1. The predicted octanol–water partition coefficient (Wildman–Crippen LogP) is -2.75. The van der Waals surface area contributed by atoms with Crippen molar-refractivity contribution in [2.45, 2.75) is 29.3 Å². The molecule has 0 radical (unpaired) electrons. The van der Waals surface area contributed by atoms with Gasteiger partial charge in [0.2, 0.25) is 11.1 Å². The summed E-state index contributed by atoms with van der Waals surface area (Å²) in [6.45, 7) is -0.723. The Morgan fingerprint density at radius 1 is 1.29 bits per heavy atom. The lowest BCUT2D eigenvalue weighted by Gasteiger charge is -2.55. The van der Waals surface area contributed by atoms with Crippen molar-refractivity contribution >= 4 is 47.3 Å². The Morgan fingerprint density at radius 3 is 2.74 bits per heavy atom. The number of hydrogen-bond donors (Lipinski definition) is 3. The van der Waals surface area contributed by atoms with E-state index in [9.17, 15) is 24.3 Å². The number of amides is 2. The van der Waals surface area contributed by atoms with Gasteiger partial charge in [-0.1, -0.05) is 11.8 Å². The molecule has 2 aromatic rings. The lowest BCUT2D eigenvalue weighted by Crippen LogP contribution is -2.80. The molecule has 1 unspecified atom stereocenters. The molecular formula is C15H16N10O7S2. The van der Waals surface area contributed by atoms with E-state index in [1.54, 1.807) is 0 Å². The maximum Gasteiger partial charge on any atom is 0.352 e. The fourth-order valence-corrected chi connectivity index (χ4v) is 5.83. The standard InChI is InChI=1S/C15H16N10O7S2/c1-32-15(17-8(26)2-23-6-16-19-21-23)12(31)25-10(11(29)30)7(4-33-13(15)25)5-34-14-18-20-22-24(14)3-9(27)28/h6,13H,2-5H2,1H3,(H,17,26)(H,27,28)(H,29,30)/t13-,15?/m1/s1. The highest BCUT2D eigenvalue weighted by Gasteiger charge is 2.66. The first-order valence-corrected chi connectivity index (χ1v) is 11.4. The third-order valence-corrected chi connectivity index (χ3v) is 7.23. The Morgan fingerprint density at radius 2 is 2.09 bits per heavy atom. The Labute approximate surface area is 197 Å². The van der Waals surface area contributed by atoms with Crippen molar-refractivity contribution in [1.82, 2.24) is 50.6 Å². The van der Waals surface area contributed by atoms with Crippen LogP contribution in [0.1, 0.15) is 0 Å². The number of tetrazole rings is 2. The number of fused-ring (bicyclic) bond motifs is 1. The molecule has 3 N–H and O–H groups in total. The molecule has 2 aliphatic rings. The van der Waals surface area contributed by atoms with Gasteiger partial charge in [-0.3, -0.25) is 19.3 Å². The van der Waals surface area contributed by atoms with Crippen molar-refractivity contribution in [3.05, 3.63) is 17.6 Å². The number of carboxylic acids is 2. The SMILES string of the molecule is COC1(NC(=O)Cn2cnnn2)C(=O)N2C(C(=O)O)=C(CSc3nnnn3CC(=O)O)CS[C@@H]21. The molecule has 1 fully saturated rings. The Balaban J connectivity index is 1.51. The zero-order chi connectivity index (χ0) is 24.5. The molecule has 2 atom stereocenters. The molecule has 4 heterocycles. The van der Waals surface area contributed by atoms with Crippen LogP contribution < -0.4 is 5.32 Å². The van der Waals surface area contributed by atoms with Gasteiger partial charge in [0.25, 0.3) is 11.6 Å². The van der Waals surface area contributed by atoms with E-state index in [0.717, 1.165) is 26.0 Å². The van der Waals surface area contributed by atoms with Gasteiger partial charge in [-0.05, 0) is 26.4 Å². The van der Waals surface area contributed by atoms with Crippen molar-refractivity contribution in [1.29, 1.82) is 0 Å². The average Bonchev–Trinajstić information content (AvgIpc) is 3.46. The monoisotopic (exact) mass is 512 g/mol. The van der Waals surface area contributed by atoms with Crippen LogP contribution in [-0.2, 0) is 37.0 Å². The number of aliphatic carboxylic acids is 2. The molecule has 0 spiro atoms. The van der Waals surface area contributed by atoms with Crippen molar-refractivity contribution in [2.75, 3.05) is 18.6 Å². The predicted molar refractivity (Wildman–Crippen MR) is 110 cm³/mol. The molecule has 2 amide bonds. The number of carbonyl (C=O) groups is 4. The highest BCUT2D eigenvalue weighted by Crippen LogP contribution is 2.47. The van der Waals surface area contributed by atoms with Crippen LogP contribution in [0.25, 0.3) is 0 Å². The van der Waals surface area contributed by atoms with Crippen LogP contribution in [0, 0.1) is 0 Å². The summed E-state index contributed by atoms with van der Waals surface area (Å²) in [6.07, 6.45) is 1.23. The third kappa shape index (κ3) is 4.19. The molecule has 0 bridgehead atoms. The zero-order valence-electron chi connectivity index (χ0n) is 17.3. The third-order valence-electron chi connectivity index (χ3n) is 4.82.